The Balaban J connectivity index is 0.00000128. The van der Waals surface area contributed by atoms with Gasteiger partial charge >= 0.3 is 29.6 Å². The van der Waals surface area contributed by atoms with Crippen LogP contribution in [0, 0.1) is 10.6 Å². The fraction of sp³-hybridized carbons (Fsp3) is 0.308. The van der Waals surface area contributed by atoms with Gasteiger partial charge in [-0.15, -0.1) is 0 Å². The SMILES string of the molecule is C=C1C(c2ccc(/C=N\[O-])cc2)C1(C)C.[Na+]. The second kappa shape index (κ2) is 4.74. The maximum atomic E-state index is 10.0. The third-order valence-electron chi connectivity index (χ3n) is 3.29. The maximum absolute atomic E-state index is 10.0. The zero-order valence-corrected chi connectivity index (χ0v) is 12.0. The molecule has 0 aromatic heterocycles. The molecule has 0 spiro atoms. The molecule has 0 heterocycles. The quantitative estimate of drug-likeness (QED) is 0.307. The number of rotatable bonds is 2. The Labute approximate surface area is 118 Å². The summed E-state index contributed by atoms with van der Waals surface area (Å²) in [6.07, 6.45) is 1.32. The van der Waals surface area contributed by atoms with Crippen LogP contribution in [0.5, 0.6) is 0 Å². The summed E-state index contributed by atoms with van der Waals surface area (Å²) in [5.41, 5.74) is 3.63. The average molecular weight is 223 g/mol. The second-order valence-corrected chi connectivity index (χ2v) is 4.58. The van der Waals surface area contributed by atoms with E-state index in [0.717, 1.165) is 5.56 Å². The smallest absolute Gasteiger partial charge is 0.792 e. The van der Waals surface area contributed by atoms with E-state index in [4.69, 9.17) is 0 Å². The molecule has 2 rings (SSSR count). The maximum Gasteiger partial charge on any atom is 1.00 e. The minimum atomic E-state index is 0. The standard InChI is InChI=1S/C13H15NO.Na/c1-9-12(13(9,2)3)11-6-4-10(5-7-11)8-14-15;/h4-8,12,15H,1H2,2-3H3;/q;+1/p-1/b14-8-;. The van der Waals surface area contributed by atoms with Crippen LogP contribution >= 0.6 is 0 Å². The van der Waals surface area contributed by atoms with Gasteiger partial charge in [-0.25, -0.2) is 0 Å². The van der Waals surface area contributed by atoms with E-state index in [0.29, 0.717) is 5.92 Å². The average Bonchev–Trinajstić information content (AvgIpc) is 2.69. The molecule has 0 radical (unpaired) electrons. The minimum absolute atomic E-state index is 0. The van der Waals surface area contributed by atoms with Gasteiger partial charge < -0.3 is 10.4 Å². The molecule has 1 fully saturated rings. The van der Waals surface area contributed by atoms with E-state index in [1.807, 2.05) is 24.3 Å². The molecule has 78 valence electrons. The van der Waals surface area contributed by atoms with Crippen molar-refractivity contribution in [3.63, 3.8) is 0 Å². The fourth-order valence-electron chi connectivity index (χ4n) is 2.09. The van der Waals surface area contributed by atoms with Crippen LogP contribution in [0.2, 0.25) is 0 Å². The van der Waals surface area contributed by atoms with E-state index in [2.05, 4.69) is 25.6 Å². The number of allylic oxidation sites excluding steroid dienone is 1. The molecule has 1 atom stereocenters. The first-order valence-corrected chi connectivity index (χ1v) is 5.02. The van der Waals surface area contributed by atoms with Crippen LogP contribution in [0.3, 0.4) is 0 Å². The molecule has 3 heteroatoms. The molecular weight excluding hydrogens is 209 g/mol. The first kappa shape index (κ1) is 13.5. The second-order valence-electron chi connectivity index (χ2n) is 4.58. The van der Waals surface area contributed by atoms with Crippen LogP contribution in [0.15, 0.2) is 41.6 Å². The molecule has 1 aliphatic carbocycles. The minimum Gasteiger partial charge on any atom is -0.792 e. The van der Waals surface area contributed by atoms with Gasteiger partial charge in [-0.05, 0) is 16.5 Å². The molecule has 1 aromatic rings. The third-order valence-corrected chi connectivity index (χ3v) is 3.29. The summed E-state index contributed by atoms with van der Waals surface area (Å²) >= 11 is 0. The van der Waals surface area contributed by atoms with E-state index < -0.39 is 0 Å². The number of hydrogen-bond acceptors (Lipinski definition) is 2. The Bertz CT molecular complexity index is 420. The monoisotopic (exact) mass is 223 g/mol. The summed E-state index contributed by atoms with van der Waals surface area (Å²) in [7, 11) is 0. The molecule has 1 saturated carbocycles. The Morgan fingerprint density at radius 1 is 1.31 bits per heavy atom. The van der Waals surface area contributed by atoms with Crippen molar-refractivity contribution in [3.8, 4) is 0 Å². The van der Waals surface area contributed by atoms with Gasteiger partial charge in [-0.3, -0.25) is 0 Å². The van der Waals surface area contributed by atoms with Crippen LogP contribution in [-0.2, 0) is 0 Å². The van der Waals surface area contributed by atoms with Gasteiger partial charge in [0.25, 0.3) is 0 Å². The molecule has 16 heavy (non-hydrogen) atoms. The summed E-state index contributed by atoms with van der Waals surface area (Å²) < 4.78 is 0. The van der Waals surface area contributed by atoms with Gasteiger partial charge in [0.2, 0.25) is 0 Å². The summed E-state index contributed by atoms with van der Waals surface area (Å²) in [6, 6.07) is 7.92. The van der Waals surface area contributed by atoms with Crippen molar-refractivity contribution >= 4 is 6.21 Å². The van der Waals surface area contributed by atoms with Gasteiger partial charge in [0.05, 0.1) is 0 Å². The number of nitrogens with zero attached hydrogens (tertiary/aromatic N) is 1. The Kier molecular flexibility index (Phi) is 4.00. The predicted octanol–water partition coefficient (Wildman–Crippen LogP) is 0.287. The molecule has 0 saturated heterocycles. The number of hydrogen-bond donors (Lipinski definition) is 0. The third kappa shape index (κ3) is 2.24. The van der Waals surface area contributed by atoms with Crippen molar-refractivity contribution < 1.29 is 29.6 Å². The van der Waals surface area contributed by atoms with Crippen LogP contribution in [0.4, 0.5) is 0 Å². The van der Waals surface area contributed by atoms with E-state index in [-0.39, 0.29) is 35.0 Å². The zero-order valence-electron chi connectivity index (χ0n) is 10.0. The summed E-state index contributed by atoms with van der Waals surface area (Å²) in [4.78, 5) is 0. The van der Waals surface area contributed by atoms with Crippen LogP contribution < -0.4 is 29.6 Å². The zero-order chi connectivity index (χ0) is 11.1. The van der Waals surface area contributed by atoms with Crippen molar-refractivity contribution in [1.82, 2.24) is 0 Å². The fourth-order valence-corrected chi connectivity index (χ4v) is 2.09. The van der Waals surface area contributed by atoms with Crippen LogP contribution in [0.25, 0.3) is 0 Å². The Hall–Kier alpha value is -0.570. The first-order valence-electron chi connectivity index (χ1n) is 5.02. The van der Waals surface area contributed by atoms with Gasteiger partial charge in [0, 0.05) is 12.1 Å². The molecule has 0 N–H and O–H groups in total. The van der Waals surface area contributed by atoms with Crippen molar-refractivity contribution in [2.45, 2.75) is 19.8 Å². The molecule has 1 aromatic carbocycles. The first-order chi connectivity index (χ1) is 7.07. The van der Waals surface area contributed by atoms with Crippen molar-refractivity contribution in [2.24, 2.45) is 10.6 Å². The summed E-state index contributed by atoms with van der Waals surface area (Å²) in [6.45, 7) is 8.46. The Morgan fingerprint density at radius 2 is 1.81 bits per heavy atom. The van der Waals surface area contributed by atoms with Gasteiger partial charge in [-0.2, -0.15) is 0 Å². The van der Waals surface area contributed by atoms with E-state index >= 15 is 0 Å². The molecule has 0 amide bonds. The molecule has 1 aliphatic rings. The molecular formula is C13H14NNaO. The Morgan fingerprint density at radius 3 is 2.19 bits per heavy atom. The summed E-state index contributed by atoms with van der Waals surface area (Å²) in [5.74, 6) is 0.468. The van der Waals surface area contributed by atoms with Crippen molar-refractivity contribution in [2.75, 3.05) is 0 Å². The van der Waals surface area contributed by atoms with Crippen molar-refractivity contribution in [1.29, 1.82) is 0 Å². The van der Waals surface area contributed by atoms with E-state index in [1.165, 1.54) is 17.4 Å². The van der Waals surface area contributed by atoms with Crippen LogP contribution in [-0.4, -0.2) is 6.21 Å². The largest absolute Gasteiger partial charge is 1.00 e. The molecule has 2 nitrogen and oxygen atoms in total. The topological polar surface area (TPSA) is 35.4 Å². The van der Waals surface area contributed by atoms with E-state index in [1.54, 1.807) is 0 Å². The predicted molar refractivity (Wildman–Crippen MR) is 63.1 cm³/mol. The van der Waals surface area contributed by atoms with Crippen molar-refractivity contribution in [3.05, 3.63) is 52.8 Å². The normalized spacial score (nSPS) is 21.9. The van der Waals surface area contributed by atoms with E-state index in [9.17, 15) is 5.21 Å². The molecule has 0 aliphatic heterocycles. The van der Waals surface area contributed by atoms with Gasteiger partial charge in [-0.1, -0.05) is 50.3 Å². The van der Waals surface area contributed by atoms with Crippen LogP contribution in [0.1, 0.15) is 30.9 Å². The summed E-state index contributed by atoms with van der Waals surface area (Å²) in [5, 5.41) is 12.8. The number of benzene rings is 1. The molecule has 0 bridgehead atoms. The van der Waals surface area contributed by atoms with Gasteiger partial charge in [0.1, 0.15) is 0 Å². The molecule has 1 unspecified atom stereocenters. The van der Waals surface area contributed by atoms with Gasteiger partial charge in [0.15, 0.2) is 0 Å².